The summed E-state index contributed by atoms with van der Waals surface area (Å²) in [6.45, 7) is 3.88. The van der Waals surface area contributed by atoms with Crippen molar-refractivity contribution in [3.05, 3.63) is 97.2 Å². The summed E-state index contributed by atoms with van der Waals surface area (Å²) in [5, 5.41) is 9.51. The molecular formula is C41H64O5. The zero-order valence-electron chi connectivity index (χ0n) is 29.0. The van der Waals surface area contributed by atoms with Crippen LogP contribution in [-0.4, -0.2) is 36.4 Å². The van der Waals surface area contributed by atoms with Crippen LogP contribution in [0, 0.1) is 0 Å². The van der Waals surface area contributed by atoms with Crippen molar-refractivity contribution in [2.75, 3.05) is 13.2 Å². The lowest BCUT2D eigenvalue weighted by Crippen LogP contribution is -2.28. The largest absolute Gasteiger partial charge is 0.462 e. The van der Waals surface area contributed by atoms with Crippen molar-refractivity contribution in [2.45, 2.75) is 136 Å². The molecule has 5 heteroatoms. The first kappa shape index (κ1) is 42.8. The van der Waals surface area contributed by atoms with Crippen LogP contribution in [0.2, 0.25) is 0 Å². The van der Waals surface area contributed by atoms with Crippen molar-refractivity contribution in [3.63, 3.8) is 0 Å². The highest BCUT2D eigenvalue weighted by Gasteiger charge is 2.15. The van der Waals surface area contributed by atoms with Crippen molar-refractivity contribution in [1.82, 2.24) is 0 Å². The van der Waals surface area contributed by atoms with Gasteiger partial charge in [-0.05, 0) is 89.9 Å². The van der Waals surface area contributed by atoms with E-state index in [1.165, 1.54) is 25.7 Å². The molecule has 0 bridgehead atoms. The Labute approximate surface area is 281 Å². The second-order valence-electron chi connectivity index (χ2n) is 11.2. The molecule has 0 aliphatic carbocycles. The highest BCUT2D eigenvalue weighted by Crippen LogP contribution is 2.07. The Balaban J connectivity index is 3.80. The SMILES string of the molecule is CCC=CCC=CCC=CCC=CCCCCC(=O)O[C@@H](CO)COC(=O)CCCC=CCC=CCC=CCC=CCCCCC. The van der Waals surface area contributed by atoms with E-state index >= 15 is 0 Å². The fourth-order valence-corrected chi connectivity index (χ4v) is 4.18. The molecule has 0 unspecified atom stereocenters. The van der Waals surface area contributed by atoms with E-state index in [9.17, 15) is 14.7 Å². The van der Waals surface area contributed by atoms with Gasteiger partial charge in [0.1, 0.15) is 6.61 Å². The fraction of sp³-hybridized carbons (Fsp3) is 0.561. The van der Waals surface area contributed by atoms with Gasteiger partial charge < -0.3 is 14.6 Å². The van der Waals surface area contributed by atoms with E-state index in [1.807, 2.05) is 0 Å². The molecule has 0 aromatic carbocycles. The number of hydrogen-bond acceptors (Lipinski definition) is 5. The van der Waals surface area contributed by atoms with Crippen LogP contribution in [-0.2, 0) is 19.1 Å². The fourth-order valence-electron chi connectivity index (χ4n) is 4.18. The molecule has 0 aromatic heterocycles. The van der Waals surface area contributed by atoms with Gasteiger partial charge in [-0.1, -0.05) is 124 Å². The monoisotopic (exact) mass is 636 g/mol. The van der Waals surface area contributed by atoms with Crippen LogP contribution in [0.25, 0.3) is 0 Å². The molecule has 0 fully saturated rings. The van der Waals surface area contributed by atoms with E-state index in [0.717, 1.165) is 64.2 Å². The predicted molar refractivity (Wildman–Crippen MR) is 195 cm³/mol. The van der Waals surface area contributed by atoms with Gasteiger partial charge in [-0.25, -0.2) is 0 Å². The number of ether oxygens (including phenoxy) is 2. The van der Waals surface area contributed by atoms with Gasteiger partial charge in [0.25, 0.3) is 0 Å². The van der Waals surface area contributed by atoms with E-state index in [1.54, 1.807) is 0 Å². The van der Waals surface area contributed by atoms with Gasteiger partial charge in [-0.15, -0.1) is 0 Å². The summed E-state index contributed by atoms with van der Waals surface area (Å²) in [6.07, 6.45) is 50.4. The molecule has 5 nitrogen and oxygen atoms in total. The van der Waals surface area contributed by atoms with E-state index in [4.69, 9.17) is 9.47 Å². The van der Waals surface area contributed by atoms with Crippen LogP contribution in [0.1, 0.15) is 129 Å². The molecule has 0 aromatic rings. The van der Waals surface area contributed by atoms with Crippen molar-refractivity contribution in [1.29, 1.82) is 0 Å². The summed E-state index contributed by atoms with van der Waals surface area (Å²) in [5.74, 6) is -0.718. The zero-order valence-corrected chi connectivity index (χ0v) is 29.0. The minimum atomic E-state index is -0.820. The maximum absolute atomic E-state index is 12.1. The summed E-state index contributed by atoms with van der Waals surface area (Å²) < 4.78 is 10.5. The Morgan fingerprint density at radius 1 is 0.522 bits per heavy atom. The summed E-state index contributed by atoms with van der Waals surface area (Å²) in [4.78, 5) is 24.1. The average molecular weight is 637 g/mol. The quantitative estimate of drug-likeness (QED) is 0.0482. The lowest BCUT2D eigenvalue weighted by Gasteiger charge is -2.15. The Morgan fingerprint density at radius 2 is 0.935 bits per heavy atom. The summed E-state index contributed by atoms with van der Waals surface area (Å²) in [5.41, 5.74) is 0. The summed E-state index contributed by atoms with van der Waals surface area (Å²) in [7, 11) is 0. The lowest BCUT2D eigenvalue weighted by atomic mass is 10.2. The number of carbonyl (C=O) groups excluding carboxylic acids is 2. The topological polar surface area (TPSA) is 72.8 Å². The standard InChI is InChI=1S/C41H64O5/c1-3-5-7-9-11-13-15-17-19-20-22-23-25-27-29-31-33-35-40(43)45-38-39(37-42)46-41(44)36-34-32-30-28-26-24-21-18-16-14-12-10-8-6-4-2/h6,8,11-14,17-19,21-23,26-29,39,42H,3-5,7,9-10,15-16,20,24-25,30-38H2,1-2H3/t39-/m0/s1. The van der Waals surface area contributed by atoms with Gasteiger partial charge in [-0.2, -0.15) is 0 Å². The number of aliphatic hydroxyl groups excluding tert-OH is 1. The predicted octanol–water partition coefficient (Wildman–Crippen LogP) is 10.9. The number of hydrogen-bond donors (Lipinski definition) is 1. The molecule has 0 saturated carbocycles. The number of rotatable bonds is 30. The van der Waals surface area contributed by atoms with Crippen LogP contribution in [0.4, 0.5) is 0 Å². The van der Waals surface area contributed by atoms with Crippen LogP contribution in [0.5, 0.6) is 0 Å². The smallest absolute Gasteiger partial charge is 0.306 e. The first-order valence-electron chi connectivity index (χ1n) is 17.8. The van der Waals surface area contributed by atoms with Crippen molar-refractivity contribution < 1.29 is 24.2 Å². The number of esters is 2. The molecule has 0 saturated heterocycles. The van der Waals surface area contributed by atoms with Gasteiger partial charge in [0.2, 0.25) is 0 Å². The second kappa shape index (κ2) is 36.3. The van der Waals surface area contributed by atoms with E-state index < -0.39 is 6.10 Å². The normalized spacial score (nSPS) is 13.4. The summed E-state index contributed by atoms with van der Waals surface area (Å²) in [6, 6.07) is 0. The lowest BCUT2D eigenvalue weighted by molar-refractivity contribution is -0.161. The third-order valence-electron chi connectivity index (χ3n) is 6.86. The molecule has 46 heavy (non-hydrogen) atoms. The van der Waals surface area contributed by atoms with Crippen molar-refractivity contribution in [3.8, 4) is 0 Å². The van der Waals surface area contributed by atoms with Crippen LogP contribution < -0.4 is 0 Å². The van der Waals surface area contributed by atoms with E-state index in [-0.39, 0.29) is 31.6 Å². The second-order valence-corrected chi connectivity index (χ2v) is 11.2. The molecule has 0 aliphatic rings. The third kappa shape index (κ3) is 33.7. The van der Waals surface area contributed by atoms with Gasteiger partial charge in [-0.3, -0.25) is 9.59 Å². The van der Waals surface area contributed by atoms with Gasteiger partial charge >= 0.3 is 11.9 Å². The Hall–Kier alpha value is -3.18. The first-order valence-corrected chi connectivity index (χ1v) is 17.8. The molecular weight excluding hydrogens is 572 g/mol. The molecule has 0 rings (SSSR count). The molecule has 0 radical (unpaired) electrons. The summed E-state index contributed by atoms with van der Waals surface area (Å²) >= 11 is 0. The molecule has 1 N–H and O–H groups in total. The number of aliphatic hydroxyl groups is 1. The van der Waals surface area contributed by atoms with Gasteiger partial charge in [0.15, 0.2) is 6.10 Å². The number of carbonyl (C=O) groups is 2. The zero-order chi connectivity index (χ0) is 33.6. The molecule has 258 valence electrons. The van der Waals surface area contributed by atoms with Gasteiger partial charge in [0.05, 0.1) is 6.61 Å². The van der Waals surface area contributed by atoms with E-state index in [2.05, 4.69) is 111 Å². The van der Waals surface area contributed by atoms with Crippen LogP contribution in [0.3, 0.4) is 0 Å². The van der Waals surface area contributed by atoms with E-state index in [0.29, 0.717) is 19.3 Å². The molecule has 0 spiro atoms. The third-order valence-corrected chi connectivity index (χ3v) is 6.86. The Kier molecular flexibility index (Phi) is 33.8. The van der Waals surface area contributed by atoms with Crippen LogP contribution in [0.15, 0.2) is 97.2 Å². The Bertz CT molecular complexity index is 948. The molecule has 0 amide bonds. The average Bonchev–Trinajstić information content (AvgIpc) is 3.06. The van der Waals surface area contributed by atoms with Crippen LogP contribution >= 0.6 is 0 Å². The highest BCUT2D eigenvalue weighted by atomic mass is 16.6. The van der Waals surface area contributed by atoms with Crippen molar-refractivity contribution in [2.24, 2.45) is 0 Å². The number of unbranched alkanes of at least 4 members (excludes halogenated alkanes) is 6. The first-order chi connectivity index (χ1) is 22.6. The van der Waals surface area contributed by atoms with Gasteiger partial charge in [0, 0.05) is 12.8 Å². The molecule has 0 aliphatic heterocycles. The maximum atomic E-state index is 12.1. The Morgan fingerprint density at radius 3 is 1.39 bits per heavy atom. The molecule has 1 atom stereocenters. The minimum absolute atomic E-state index is 0.118. The number of allylic oxidation sites excluding steroid dienone is 16. The maximum Gasteiger partial charge on any atom is 0.306 e. The highest BCUT2D eigenvalue weighted by molar-refractivity contribution is 5.70. The van der Waals surface area contributed by atoms with Crippen molar-refractivity contribution >= 4 is 11.9 Å². The molecule has 0 heterocycles. The minimum Gasteiger partial charge on any atom is -0.462 e.